The fourth-order valence-electron chi connectivity index (χ4n) is 2.49. The molecule has 94 valence electrons. The summed E-state index contributed by atoms with van der Waals surface area (Å²) in [7, 11) is 0. The van der Waals surface area contributed by atoms with E-state index in [1.165, 1.54) is 0 Å². The van der Waals surface area contributed by atoms with Crippen molar-refractivity contribution in [2.75, 3.05) is 19.8 Å². The zero-order valence-electron chi connectivity index (χ0n) is 10.2. The fraction of sp³-hybridized carbons (Fsp3) is 1.00. The Bertz CT molecular complexity index is 249. The number of ether oxygens (including phenoxy) is 1. The lowest BCUT2D eigenvalue weighted by Crippen LogP contribution is -2.62. The van der Waals surface area contributed by atoms with E-state index in [9.17, 15) is 10.2 Å². The van der Waals surface area contributed by atoms with Gasteiger partial charge < -0.3 is 20.3 Å². The molecule has 0 aromatic carbocycles. The van der Waals surface area contributed by atoms with Crippen LogP contribution in [-0.4, -0.2) is 47.7 Å². The van der Waals surface area contributed by atoms with E-state index in [4.69, 9.17) is 4.74 Å². The van der Waals surface area contributed by atoms with Gasteiger partial charge in [0.15, 0.2) is 0 Å². The molecule has 0 amide bonds. The molecule has 0 aromatic rings. The van der Waals surface area contributed by atoms with Crippen molar-refractivity contribution in [3.63, 3.8) is 0 Å². The Hall–Kier alpha value is -0.160. The Morgan fingerprint density at radius 1 is 1.31 bits per heavy atom. The molecule has 2 fully saturated rings. The van der Waals surface area contributed by atoms with Crippen molar-refractivity contribution < 1.29 is 14.9 Å². The third kappa shape index (κ3) is 2.25. The summed E-state index contributed by atoms with van der Waals surface area (Å²) in [6.45, 7) is 6.03. The van der Waals surface area contributed by atoms with E-state index in [0.717, 1.165) is 6.42 Å². The minimum absolute atomic E-state index is 0.0679. The number of aliphatic hydroxyl groups excluding tert-OH is 1. The predicted octanol–water partition coefficient (Wildman–Crippen LogP) is 0.277. The summed E-state index contributed by atoms with van der Waals surface area (Å²) in [4.78, 5) is 0. The molecule has 16 heavy (non-hydrogen) atoms. The molecule has 1 heterocycles. The van der Waals surface area contributed by atoms with Crippen molar-refractivity contribution in [3.05, 3.63) is 0 Å². The molecule has 1 saturated carbocycles. The first-order chi connectivity index (χ1) is 7.44. The van der Waals surface area contributed by atoms with Crippen molar-refractivity contribution in [2.45, 2.75) is 50.9 Å². The number of aliphatic hydroxyl groups is 2. The first-order valence-corrected chi connectivity index (χ1v) is 6.16. The van der Waals surface area contributed by atoms with Crippen LogP contribution in [0, 0.1) is 5.41 Å². The number of rotatable bonds is 3. The van der Waals surface area contributed by atoms with Crippen LogP contribution in [-0.2, 0) is 4.74 Å². The van der Waals surface area contributed by atoms with Crippen LogP contribution in [0.5, 0.6) is 0 Å². The third-order valence-corrected chi connectivity index (χ3v) is 4.32. The first kappa shape index (κ1) is 12.3. The first-order valence-electron chi connectivity index (χ1n) is 6.16. The molecule has 2 rings (SSSR count). The van der Waals surface area contributed by atoms with Crippen molar-refractivity contribution in [3.8, 4) is 0 Å². The summed E-state index contributed by atoms with van der Waals surface area (Å²) < 4.78 is 5.24. The SMILES string of the molecule is CC1(C)C(O)CC1NCC1(O)CCOCC1. The monoisotopic (exact) mass is 229 g/mol. The fourth-order valence-corrected chi connectivity index (χ4v) is 2.49. The van der Waals surface area contributed by atoms with Crippen molar-refractivity contribution in [1.29, 1.82) is 0 Å². The maximum atomic E-state index is 10.3. The maximum absolute atomic E-state index is 10.3. The molecule has 2 unspecified atom stereocenters. The van der Waals surface area contributed by atoms with Crippen LogP contribution in [0.15, 0.2) is 0 Å². The largest absolute Gasteiger partial charge is 0.392 e. The normalized spacial score (nSPS) is 36.8. The van der Waals surface area contributed by atoms with Gasteiger partial charge in [0, 0.05) is 44.1 Å². The molecular formula is C12H23NO3. The van der Waals surface area contributed by atoms with E-state index < -0.39 is 5.60 Å². The van der Waals surface area contributed by atoms with Crippen LogP contribution in [0.3, 0.4) is 0 Å². The third-order valence-electron chi connectivity index (χ3n) is 4.32. The van der Waals surface area contributed by atoms with E-state index in [1.807, 2.05) is 0 Å². The highest BCUT2D eigenvalue weighted by molar-refractivity contribution is 5.02. The second-order valence-electron chi connectivity index (χ2n) is 5.84. The van der Waals surface area contributed by atoms with Gasteiger partial charge in [0.1, 0.15) is 0 Å². The maximum Gasteiger partial charge on any atom is 0.0815 e. The van der Waals surface area contributed by atoms with Crippen molar-refractivity contribution in [2.24, 2.45) is 5.41 Å². The number of hydrogen-bond acceptors (Lipinski definition) is 4. The van der Waals surface area contributed by atoms with E-state index in [1.54, 1.807) is 0 Å². The molecule has 2 atom stereocenters. The van der Waals surface area contributed by atoms with Crippen LogP contribution in [0.25, 0.3) is 0 Å². The second kappa shape index (κ2) is 4.26. The molecule has 4 heteroatoms. The van der Waals surface area contributed by atoms with Crippen LogP contribution in [0.2, 0.25) is 0 Å². The van der Waals surface area contributed by atoms with Gasteiger partial charge in [-0.3, -0.25) is 0 Å². The zero-order chi connectivity index (χ0) is 11.8. The second-order valence-corrected chi connectivity index (χ2v) is 5.84. The molecule has 4 nitrogen and oxygen atoms in total. The van der Waals surface area contributed by atoms with Crippen LogP contribution >= 0.6 is 0 Å². The Balaban J connectivity index is 1.79. The van der Waals surface area contributed by atoms with Gasteiger partial charge in [0.05, 0.1) is 11.7 Å². The van der Waals surface area contributed by atoms with Crippen LogP contribution in [0.4, 0.5) is 0 Å². The predicted molar refractivity (Wildman–Crippen MR) is 61.2 cm³/mol. The summed E-state index contributed by atoms with van der Waals surface area (Å²) >= 11 is 0. The molecular weight excluding hydrogens is 206 g/mol. The lowest BCUT2D eigenvalue weighted by Gasteiger charge is -2.50. The minimum atomic E-state index is -0.616. The number of hydrogen-bond donors (Lipinski definition) is 3. The van der Waals surface area contributed by atoms with E-state index >= 15 is 0 Å². The Morgan fingerprint density at radius 3 is 2.44 bits per heavy atom. The summed E-state index contributed by atoms with van der Waals surface area (Å²) in [6, 6.07) is 0.314. The Morgan fingerprint density at radius 2 is 1.94 bits per heavy atom. The van der Waals surface area contributed by atoms with Crippen molar-refractivity contribution >= 4 is 0 Å². The van der Waals surface area contributed by atoms with E-state index in [2.05, 4.69) is 19.2 Å². The van der Waals surface area contributed by atoms with Gasteiger partial charge in [-0.25, -0.2) is 0 Å². The number of nitrogens with one attached hydrogen (secondary N) is 1. The average Bonchev–Trinajstić information content (AvgIpc) is 2.25. The van der Waals surface area contributed by atoms with Crippen molar-refractivity contribution in [1.82, 2.24) is 5.32 Å². The highest BCUT2D eigenvalue weighted by Gasteiger charge is 2.47. The lowest BCUT2D eigenvalue weighted by atomic mass is 9.64. The van der Waals surface area contributed by atoms with E-state index in [-0.39, 0.29) is 11.5 Å². The molecule has 2 aliphatic rings. The van der Waals surface area contributed by atoms with Crippen LogP contribution in [0.1, 0.15) is 33.1 Å². The standard InChI is InChI=1S/C12H23NO3/c1-11(2)9(7-10(11)14)13-8-12(15)3-5-16-6-4-12/h9-10,13-15H,3-8H2,1-2H3. The average molecular weight is 229 g/mol. The summed E-state index contributed by atoms with van der Waals surface area (Å²) in [5.41, 5.74) is -0.684. The van der Waals surface area contributed by atoms with Gasteiger partial charge >= 0.3 is 0 Å². The Labute approximate surface area is 97.0 Å². The van der Waals surface area contributed by atoms with Gasteiger partial charge in [-0.1, -0.05) is 13.8 Å². The van der Waals surface area contributed by atoms with Gasteiger partial charge in [-0.05, 0) is 6.42 Å². The van der Waals surface area contributed by atoms with E-state index in [0.29, 0.717) is 38.6 Å². The smallest absolute Gasteiger partial charge is 0.0815 e. The molecule has 1 aliphatic heterocycles. The highest BCUT2D eigenvalue weighted by Crippen LogP contribution is 2.40. The van der Waals surface area contributed by atoms with Gasteiger partial charge in [0.25, 0.3) is 0 Å². The minimum Gasteiger partial charge on any atom is -0.392 e. The molecule has 3 N–H and O–H groups in total. The molecule has 0 bridgehead atoms. The van der Waals surface area contributed by atoms with Gasteiger partial charge in [-0.2, -0.15) is 0 Å². The summed E-state index contributed by atoms with van der Waals surface area (Å²) in [5, 5.41) is 23.3. The highest BCUT2D eigenvalue weighted by atomic mass is 16.5. The molecule has 1 saturated heterocycles. The molecule has 0 spiro atoms. The molecule has 0 radical (unpaired) electrons. The topological polar surface area (TPSA) is 61.7 Å². The summed E-state index contributed by atoms with van der Waals surface area (Å²) in [6.07, 6.45) is 1.99. The van der Waals surface area contributed by atoms with Crippen LogP contribution < -0.4 is 5.32 Å². The molecule has 0 aromatic heterocycles. The summed E-state index contributed by atoms with van der Waals surface area (Å²) in [5.74, 6) is 0. The quantitative estimate of drug-likeness (QED) is 0.650. The Kier molecular flexibility index (Phi) is 3.27. The van der Waals surface area contributed by atoms with Gasteiger partial charge in [-0.15, -0.1) is 0 Å². The molecule has 1 aliphatic carbocycles. The lowest BCUT2D eigenvalue weighted by molar-refractivity contribution is -0.0946. The zero-order valence-corrected chi connectivity index (χ0v) is 10.2. The van der Waals surface area contributed by atoms with Gasteiger partial charge in [0.2, 0.25) is 0 Å².